The van der Waals surface area contributed by atoms with Gasteiger partial charge in [-0.1, -0.05) is 59.2 Å². The third-order valence-electron chi connectivity index (χ3n) is 2.47. The molecule has 0 atom stereocenters. The number of benzene rings is 2. The van der Waals surface area contributed by atoms with Gasteiger partial charge in [0.25, 0.3) is 0 Å². The summed E-state index contributed by atoms with van der Waals surface area (Å²) in [6.07, 6.45) is 0. The van der Waals surface area contributed by atoms with E-state index in [0.717, 1.165) is 0 Å². The number of oxime groups is 1. The third-order valence-corrected chi connectivity index (χ3v) is 2.72. The molecule has 2 aromatic carbocycles. The van der Waals surface area contributed by atoms with E-state index in [1.54, 1.807) is 48.5 Å². The molecule has 0 unspecified atom stereocenters. The van der Waals surface area contributed by atoms with Crippen LogP contribution in [0, 0.1) is 0 Å². The number of halogens is 1. The second kappa shape index (κ2) is 5.47. The normalized spacial score (nSPS) is 11.3. The van der Waals surface area contributed by atoms with Crippen molar-refractivity contribution in [1.29, 1.82) is 0 Å². The predicted molar refractivity (Wildman–Crippen MR) is 70.5 cm³/mol. The summed E-state index contributed by atoms with van der Waals surface area (Å²) in [6, 6.07) is 15.2. The van der Waals surface area contributed by atoms with Crippen molar-refractivity contribution < 1.29 is 10.0 Å². The van der Waals surface area contributed by atoms with Gasteiger partial charge in [-0.25, -0.2) is 0 Å². The molecular weight excluding hydrogens is 250 g/mol. The number of rotatable bonds is 3. The minimum Gasteiger partial charge on any atom is -0.410 e. The molecule has 0 aliphatic rings. The summed E-state index contributed by atoms with van der Waals surface area (Å²) in [7, 11) is 0. The molecule has 3 nitrogen and oxygen atoms in total. The molecule has 0 fully saturated rings. The summed E-state index contributed by atoms with van der Waals surface area (Å²) in [5.74, 6) is -0.333. The van der Waals surface area contributed by atoms with Gasteiger partial charge in [0.15, 0.2) is 5.71 Å². The van der Waals surface area contributed by atoms with E-state index in [2.05, 4.69) is 5.16 Å². The minimum atomic E-state index is -0.333. The van der Waals surface area contributed by atoms with Crippen LogP contribution in [0.3, 0.4) is 0 Å². The van der Waals surface area contributed by atoms with E-state index in [-0.39, 0.29) is 11.5 Å². The second-order valence-electron chi connectivity index (χ2n) is 3.65. The minimum absolute atomic E-state index is 0.00198. The number of ketones is 1. The Kier molecular flexibility index (Phi) is 3.75. The smallest absolute Gasteiger partial charge is 0.215 e. The van der Waals surface area contributed by atoms with Crippen molar-refractivity contribution in [2.75, 3.05) is 0 Å². The molecule has 2 aromatic rings. The Morgan fingerprint density at radius 1 is 0.944 bits per heavy atom. The lowest BCUT2D eigenvalue weighted by Gasteiger charge is -2.04. The van der Waals surface area contributed by atoms with Crippen molar-refractivity contribution in [3.05, 3.63) is 70.7 Å². The molecule has 0 saturated carbocycles. The summed E-state index contributed by atoms with van der Waals surface area (Å²) in [6.45, 7) is 0. The van der Waals surface area contributed by atoms with Crippen LogP contribution in [0.2, 0.25) is 5.02 Å². The fourth-order valence-corrected chi connectivity index (χ4v) is 1.69. The molecule has 18 heavy (non-hydrogen) atoms. The molecule has 0 aromatic heterocycles. The van der Waals surface area contributed by atoms with Gasteiger partial charge in [0, 0.05) is 16.1 Å². The zero-order valence-electron chi connectivity index (χ0n) is 9.38. The zero-order chi connectivity index (χ0) is 13.0. The largest absolute Gasteiger partial charge is 0.410 e. The Hall–Kier alpha value is -2.13. The van der Waals surface area contributed by atoms with Gasteiger partial charge in [-0.3, -0.25) is 4.79 Å². The van der Waals surface area contributed by atoms with Crippen molar-refractivity contribution in [2.45, 2.75) is 0 Å². The van der Waals surface area contributed by atoms with Gasteiger partial charge < -0.3 is 5.21 Å². The van der Waals surface area contributed by atoms with E-state index in [1.165, 1.54) is 0 Å². The van der Waals surface area contributed by atoms with E-state index in [1.807, 2.05) is 6.07 Å². The first-order chi connectivity index (χ1) is 8.72. The van der Waals surface area contributed by atoms with Crippen molar-refractivity contribution in [2.24, 2.45) is 5.16 Å². The van der Waals surface area contributed by atoms with E-state index in [9.17, 15) is 4.79 Å². The first kappa shape index (κ1) is 12.3. The highest BCUT2D eigenvalue weighted by Gasteiger charge is 2.16. The molecule has 0 saturated heterocycles. The first-order valence-corrected chi connectivity index (χ1v) is 5.68. The summed E-state index contributed by atoms with van der Waals surface area (Å²) < 4.78 is 0. The van der Waals surface area contributed by atoms with Gasteiger partial charge in [-0.05, 0) is 12.1 Å². The fraction of sp³-hybridized carbons (Fsp3) is 0. The number of Topliss-reactive ketones (excluding diaryl/α,β-unsaturated/α-hetero) is 1. The molecule has 0 radical (unpaired) electrons. The average Bonchev–Trinajstić information content (AvgIpc) is 2.42. The first-order valence-electron chi connectivity index (χ1n) is 5.30. The summed E-state index contributed by atoms with van der Waals surface area (Å²) in [5.41, 5.74) is 0.994. The highest BCUT2D eigenvalue weighted by molar-refractivity contribution is 6.51. The Morgan fingerprint density at radius 3 is 2.11 bits per heavy atom. The predicted octanol–water partition coefficient (Wildman–Crippen LogP) is 3.40. The molecule has 0 spiro atoms. The SMILES string of the molecule is O=C(/C(=N/O)c1ccc(Cl)cc1)c1ccccc1. The Morgan fingerprint density at radius 2 is 1.56 bits per heavy atom. The van der Waals surface area contributed by atoms with Gasteiger partial charge in [0.05, 0.1) is 0 Å². The Bertz CT molecular complexity index is 577. The van der Waals surface area contributed by atoms with Crippen LogP contribution in [0.25, 0.3) is 0 Å². The lowest BCUT2D eigenvalue weighted by Crippen LogP contribution is -2.15. The maximum absolute atomic E-state index is 12.1. The molecule has 0 amide bonds. The van der Waals surface area contributed by atoms with Crippen molar-refractivity contribution in [3.8, 4) is 0 Å². The standard InChI is InChI=1S/C14H10ClNO2/c15-12-8-6-10(7-9-12)13(16-18)14(17)11-4-2-1-3-5-11/h1-9,18H/b16-13+. The number of nitrogens with zero attached hydrogens (tertiary/aromatic N) is 1. The van der Waals surface area contributed by atoms with Crippen LogP contribution >= 0.6 is 11.6 Å². The number of hydrogen-bond acceptors (Lipinski definition) is 3. The van der Waals surface area contributed by atoms with E-state index in [4.69, 9.17) is 16.8 Å². The van der Waals surface area contributed by atoms with Crippen LogP contribution in [0.1, 0.15) is 15.9 Å². The lowest BCUT2D eigenvalue weighted by molar-refractivity contribution is 0.106. The van der Waals surface area contributed by atoms with Crippen LogP contribution in [0.15, 0.2) is 59.8 Å². The Labute approximate surface area is 109 Å². The van der Waals surface area contributed by atoms with Gasteiger partial charge in [-0.2, -0.15) is 0 Å². The van der Waals surface area contributed by atoms with E-state index in [0.29, 0.717) is 16.1 Å². The second-order valence-corrected chi connectivity index (χ2v) is 4.09. The Balaban J connectivity index is 2.36. The van der Waals surface area contributed by atoms with Crippen LogP contribution in [0.5, 0.6) is 0 Å². The van der Waals surface area contributed by atoms with Crippen LogP contribution in [-0.4, -0.2) is 16.7 Å². The monoisotopic (exact) mass is 259 g/mol. The molecule has 2 rings (SSSR count). The molecule has 0 aliphatic heterocycles. The third kappa shape index (κ3) is 2.57. The van der Waals surface area contributed by atoms with Crippen LogP contribution in [0.4, 0.5) is 0 Å². The van der Waals surface area contributed by atoms with Crippen molar-refractivity contribution >= 4 is 23.1 Å². The summed E-state index contributed by atoms with van der Waals surface area (Å²) in [4.78, 5) is 12.1. The zero-order valence-corrected chi connectivity index (χ0v) is 10.1. The van der Waals surface area contributed by atoms with Crippen LogP contribution < -0.4 is 0 Å². The highest BCUT2D eigenvalue weighted by atomic mass is 35.5. The highest BCUT2D eigenvalue weighted by Crippen LogP contribution is 2.13. The quantitative estimate of drug-likeness (QED) is 0.397. The summed E-state index contributed by atoms with van der Waals surface area (Å²) >= 11 is 5.77. The fourth-order valence-electron chi connectivity index (χ4n) is 1.57. The molecular formula is C14H10ClNO2. The molecule has 0 heterocycles. The number of carbonyl (C=O) groups excluding carboxylic acids is 1. The average molecular weight is 260 g/mol. The van der Waals surface area contributed by atoms with E-state index < -0.39 is 0 Å². The number of carbonyl (C=O) groups is 1. The number of hydrogen-bond donors (Lipinski definition) is 1. The lowest BCUT2D eigenvalue weighted by atomic mass is 10.0. The van der Waals surface area contributed by atoms with Gasteiger partial charge >= 0.3 is 0 Å². The van der Waals surface area contributed by atoms with Crippen LogP contribution in [-0.2, 0) is 0 Å². The maximum atomic E-state index is 12.1. The molecule has 0 aliphatic carbocycles. The van der Waals surface area contributed by atoms with Gasteiger partial charge in [-0.15, -0.1) is 0 Å². The molecule has 1 N–H and O–H groups in total. The molecule has 0 bridgehead atoms. The topological polar surface area (TPSA) is 49.7 Å². The van der Waals surface area contributed by atoms with Crippen molar-refractivity contribution in [3.63, 3.8) is 0 Å². The molecule has 4 heteroatoms. The summed E-state index contributed by atoms with van der Waals surface area (Å²) in [5, 5.41) is 12.7. The van der Waals surface area contributed by atoms with E-state index >= 15 is 0 Å². The van der Waals surface area contributed by atoms with Gasteiger partial charge in [0.2, 0.25) is 5.78 Å². The molecule has 90 valence electrons. The van der Waals surface area contributed by atoms with Crippen molar-refractivity contribution in [1.82, 2.24) is 0 Å². The van der Waals surface area contributed by atoms with Gasteiger partial charge in [0.1, 0.15) is 0 Å². The maximum Gasteiger partial charge on any atom is 0.215 e.